The van der Waals surface area contributed by atoms with Crippen molar-refractivity contribution in [3.8, 4) is 11.3 Å². The van der Waals surface area contributed by atoms with Crippen molar-refractivity contribution in [1.82, 2.24) is 9.97 Å². The van der Waals surface area contributed by atoms with Crippen molar-refractivity contribution in [3.05, 3.63) is 35.8 Å². The highest BCUT2D eigenvalue weighted by Crippen LogP contribution is 2.30. The lowest BCUT2D eigenvalue weighted by atomic mass is 10.0. The maximum absolute atomic E-state index is 14.4. The topological polar surface area (TPSA) is 55.0 Å². The maximum Gasteiger partial charge on any atom is 0.220 e. The molecule has 0 saturated heterocycles. The van der Waals surface area contributed by atoms with Crippen molar-refractivity contribution >= 4 is 11.6 Å². The van der Waals surface area contributed by atoms with Gasteiger partial charge in [-0.05, 0) is 44.5 Å². The Hall–Kier alpha value is -2.17. The Kier molecular flexibility index (Phi) is 3.88. The number of aromatic nitrogens is 2. The van der Waals surface area contributed by atoms with E-state index in [9.17, 15) is 4.39 Å². The van der Waals surface area contributed by atoms with Gasteiger partial charge in [-0.1, -0.05) is 0 Å². The summed E-state index contributed by atoms with van der Waals surface area (Å²) in [5.74, 6) is -0.0719. The average molecular weight is 274 g/mol. The minimum atomic E-state index is -0.256. The van der Waals surface area contributed by atoms with E-state index in [1.165, 1.54) is 6.07 Å². The molecule has 0 bridgehead atoms. The lowest BCUT2D eigenvalue weighted by molar-refractivity contribution is 0.612. The van der Waals surface area contributed by atoms with Crippen LogP contribution >= 0.6 is 0 Å². The van der Waals surface area contributed by atoms with Crippen molar-refractivity contribution in [2.24, 2.45) is 0 Å². The number of nitrogens with two attached hydrogens (primary N) is 1. The van der Waals surface area contributed by atoms with Crippen LogP contribution in [0.2, 0.25) is 0 Å². The van der Waals surface area contributed by atoms with E-state index in [0.717, 1.165) is 5.56 Å². The van der Waals surface area contributed by atoms with E-state index < -0.39 is 0 Å². The van der Waals surface area contributed by atoms with E-state index >= 15 is 0 Å². The van der Waals surface area contributed by atoms with Gasteiger partial charge in [-0.15, -0.1) is 0 Å². The van der Waals surface area contributed by atoms with Crippen molar-refractivity contribution in [2.45, 2.75) is 26.8 Å². The number of halogens is 1. The lowest BCUT2D eigenvalue weighted by Crippen LogP contribution is -2.27. The molecule has 0 radical (unpaired) electrons. The summed E-state index contributed by atoms with van der Waals surface area (Å²) in [4.78, 5) is 9.88. The number of aryl methyl sites for hydroxylation is 1. The maximum atomic E-state index is 14.4. The molecule has 0 fully saturated rings. The Balaban J connectivity index is 2.50. The molecule has 5 heteroatoms. The number of nitrogens with zero attached hydrogens (tertiary/aromatic N) is 3. The van der Waals surface area contributed by atoms with E-state index in [2.05, 4.69) is 9.97 Å². The summed E-state index contributed by atoms with van der Waals surface area (Å²) in [5, 5.41) is 0. The first-order chi connectivity index (χ1) is 9.40. The van der Waals surface area contributed by atoms with Crippen LogP contribution in [0, 0.1) is 12.7 Å². The zero-order valence-electron chi connectivity index (χ0n) is 12.2. The molecule has 0 aliphatic rings. The van der Waals surface area contributed by atoms with Gasteiger partial charge in [0.05, 0.1) is 11.4 Å². The summed E-state index contributed by atoms with van der Waals surface area (Å²) in [6.45, 7) is 5.95. The molecule has 0 unspecified atom stereocenters. The van der Waals surface area contributed by atoms with Crippen LogP contribution in [0.3, 0.4) is 0 Å². The van der Waals surface area contributed by atoms with Crippen LogP contribution in [0.1, 0.15) is 19.4 Å². The van der Waals surface area contributed by atoms with Crippen molar-refractivity contribution in [1.29, 1.82) is 0 Å². The first-order valence-corrected chi connectivity index (χ1v) is 6.52. The van der Waals surface area contributed by atoms with E-state index in [1.54, 1.807) is 12.3 Å². The summed E-state index contributed by atoms with van der Waals surface area (Å²) in [5.41, 5.74) is 8.38. The van der Waals surface area contributed by atoms with Crippen LogP contribution in [-0.2, 0) is 0 Å². The molecule has 1 aromatic carbocycles. The van der Waals surface area contributed by atoms with Gasteiger partial charge in [0.15, 0.2) is 0 Å². The van der Waals surface area contributed by atoms with Gasteiger partial charge < -0.3 is 10.6 Å². The van der Waals surface area contributed by atoms with Gasteiger partial charge in [0.2, 0.25) is 5.95 Å². The molecule has 2 N–H and O–H groups in total. The second kappa shape index (κ2) is 5.45. The number of nitrogen functional groups attached to an aromatic ring is 1. The first kappa shape index (κ1) is 14.2. The minimum absolute atomic E-state index is 0.184. The molecule has 0 spiro atoms. The number of anilines is 2. The van der Waals surface area contributed by atoms with E-state index in [0.29, 0.717) is 16.9 Å². The predicted octanol–water partition coefficient (Wildman–Crippen LogP) is 3.02. The highest BCUT2D eigenvalue weighted by atomic mass is 19.1. The molecular formula is C15H19FN4. The monoisotopic (exact) mass is 274 g/mol. The number of rotatable bonds is 3. The van der Waals surface area contributed by atoms with Crippen LogP contribution in [0.25, 0.3) is 11.3 Å². The fourth-order valence-electron chi connectivity index (χ4n) is 2.12. The van der Waals surface area contributed by atoms with Gasteiger partial charge in [0.1, 0.15) is 5.82 Å². The quantitative estimate of drug-likeness (QED) is 0.934. The fourth-order valence-corrected chi connectivity index (χ4v) is 2.12. The number of benzene rings is 1. The summed E-state index contributed by atoms with van der Waals surface area (Å²) in [7, 11) is 1.89. The lowest BCUT2D eigenvalue weighted by Gasteiger charge is -2.26. The largest absolute Gasteiger partial charge is 0.370 e. The Morgan fingerprint density at radius 2 is 2.00 bits per heavy atom. The zero-order valence-corrected chi connectivity index (χ0v) is 12.2. The third-order valence-electron chi connectivity index (χ3n) is 3.35. The third kappa shape index (κ3) is 2.71. The van der Waals surface area contributed by atoms with Crippen molar-refractivity contribution in [2.75, 3.05) is 17.7 Å². The summed E-state index contributed by atoms with van der Waals surface area (Å²) in [6, 6.07) is 5.35. The second-order valence-electron chi connectivity index (χ2n) is 5.13. The average Bonchev–Trinajstić information content (AvgIpc) is 2.37. The van der Waals surface area contributed by atoms with Crippen LogP contribution in [0.15, 0.2) is 24.4 Å². The van der Waals surface area contributed by atoms with Gasteiger partial charge in [-0.2, -0.15) is 0 Å². The van der Waals surface area contributed by atoms with E-state index in [1.807, 2.05) is 38.8 Å². The Morgan fingerprint density at radius 1 is 1.30 bits per heavy atom. The van der Waals surface area contributed by atoms with Crippen molar-refractivity contribution < 1.29 is 4.39 Å². The molecule has 0 atom stereocenters. The highest BCUT2D eigenvalue weighted by Gasteiger charge is 2.15. The molecule has 2 rings (SSSR count). The number of hydrogen-bond donors (Lipinski definition) is 1. The molecule has 20 heavy (non-hydrogen) atoms. The minimum Gasteiger partial charge on any atom is -0.370 e. The summed E-state index contributed by atoms with van der Waals surface area (Å²) >= 11 is 0. The first-order valence-electron chi connectivity index (χ1n) is 6.52. The molecule has 1 aromatic heterocycles. The summed E-state index contributed by atoms with van der Waals surface area (Å²) < 4.78 is 14.4. The molecule has 0 aliphatic heterocycles. The number of hydrogen-bond acceptors (Lipinski definition) is 4. The second-order valence-corrected chi connectivity index (χ2v) is 5.13. The molecule has 0 saturated carbocycles. The van der Waals surface area contributed by atoms with Gasteiger partial charge in [0, 0.05) is 24.8 Å². The van der Waals surface area contributed by atoms with Gasteiger partial charge >= 0.3 is 0 Å². The molecule has 0 aliphatic carbocycles. The fraction of sp³-hybridized carbons (Fsp3) is 0.333. The van der Waals surface area contributed by atoms with E-state index in [-0.39, 0.29) is 17.8 Å². The van der Waals surface area contributed by atoms with Crippen LogP contribution in [0.5, 0.6) is 0 Å². The SMILES string of the molecule is Cc1cc(-c2ccnc(N)n2)cc(F)c1N(C)C(C)C. The summed E-state index contributed by atoms with van der Waals surface area (Å²) in [6.07, 6.45) is 1.57. The van der Waals surface area contributed by atoms with Crippen LogP contribution < -0.4 is 10.6 Å². The molecule has 4 nitrogen and oxygen atoms in total. The Bertz CT molecular complexity index is 602. The molecule has 106 valence electrons. The van der Waals surface area contributed by atoms with Gasteiger partial charge in [-0.3, -0.25) is 0 Å². The Labute approximate surface area is 118 Å². The van der Waals surface area contributed by atoms with Crippen LogP contribution in [0.4, 0.5) is 16.0 Å². The molecule has 2 aromatic rings. The molecule has 0 amide bonds. The van der Waals surface area contributed by atoms with E-state index in [4.69, 9.17) is 5.73 Å². The Morgan fingerprint density at radius 3 is 2.55 bits per heavy atom. The highest BCUT2D eigenvalue weighted by molar-refractivity contribution is 5.67. The van der Waals surface area contributed by atoms with Crippen molar-refractivity contribution in [3.63, 3.8) is 0 Å². The predicted molar refractivity (Wildman–Crippen MR) is 80.1 cm³/mol. The van der Waals surface area contributed by atoms with Gasteiger partial charge in [-0.25, -0.2) is 14.4 Å². The molecular weight excluding hydrogens is 255 g/mol. The molecule has 1 heterocycles. The normalized spacial score (nSPS) is 10.9. The van der Waals surface area contributed by atoms with Crippen LogP contribution in [-0.4, -0.2) is 23.1 Å². The third-order valence-corrected chi connectivity index (χ3v) is 3.35. The van der Waals surface area contributed by atoms with Gasteiger partial charge in [0.25, 0.3) is 0 Å². The smallest absolute Gasteiger partial charge is 0.220 e. The standard InChI is InChI=1S/C15H19FN4/c1-9(2)20(4)14-10(3)7-11(8-12(14)16)13-5-6-18-15(17)19-13/h5-9H,1-4H3,(H2,17,18,19). The zero-order chi connectivity index (χ0) is 14.9.